The molecule has 6 nitrogen and oxygen atoms in total. The van der Waals surface area contributed by atoms with Gasteiger partial charge in [-0.05, 0) is 31.3 Å². The van der Waals surface area contributed by atoms with Crippen molar-refractivity contribution in [3.05, 3.63) is 47.3 Å². The third kappa shape index (κ3) is 4.39. The summed E-state index contributed by atoms with van der Waals surface area (Å²) in [6.07, 6.45) is 0. The lowest BCUT2D eigenvalue weighted by molar-refractivity contribution is 0.0950. The first-order valence-electron chi connectivity index (χ1n) is 8.80. The Bertz CT molecular complexity index is 700. The van der Waals surface area contributed by atoms with Crippen LogP contribution in [0, 0.1) is 0 Å². The zero-order valence-corrected chi connectivity index (χ0v) is 15.2. The third-order valence-corrected chi connectivity index (χ3v) is 4.57. The molecule has 0 aliphatic carbocycles. The fraction of sp³-hybridized carbons (Fsp3) is 0.474. The summed E-state index contributed by atoms with van der Waals surface area (Å²) in [5.41, 5.74) is 2.57. The van der Waals surface area contributed by atoms with Crippen molar-refractivity contribution in [3.8, 4) is 0 Å². The van der Waals surface area contributed by atoms with Crippen molar-refractivity contribution >= 4 is 11.6 Å². The molecule has 0 unspecified atom stereocenters. The number of carbonyl (C=O) groups excluding carboxylic acids is 1. The molecule has 25 heavy (non-hydrogen) atoms. The molecule has 3 rings (SSSR count). The monoisotopic (exact) mass is 342 g/mol. The van der Waals surface area contributed by atoms with Crippen molar-refractivity contribution in [2.75, 3.05) is 38.1 Å². The molecule has 1 aromatic heterocycles. The molecule has 134 valence electrons. The van der Waals surface area contributed by atoms with Gasteiger partial charge in [-0.15, -0.1) is 0 Å². The molecule has 0 saturated carbocycles. The SMILES string of the molecule is CC(C)c1cc(CNC(=O)c2ccc(N3CCN(C)CC3)cc2)no1. The van der Waals surface area contributed by atoms with Crippen LogP contribution in [0.4, 0.5) is 5.69 Å². The summed E-state index contributed by atoms with van der Waals surface area (Å²) in [5, 5.41) is 6.87. The van der Waals surface area contributed by atoms with Crippen molar-refractivity contribution < 1.29 is 9.32 Å². The molecule has 2 aromatic rings. The van der Waals surface area contributed by atoms with E-state index in [9.17, 15) is 4.79 Å². The minimum absolute atomic E-state index is 0.0981. The number of carbonyl (C=O) groups is 1. The van der Waals surface area contributed by atoms with Gasteiger partial charge in [0.15, 0.2) is 0 Å². The van der Waals surface area contributed by atoms with E-state index in [-0.39, 0.29) is 5.91 Å². The highest BCUT2D eigenvalue weighted by Gasteiger charge is 2.15. The third-order valence-electron chi connectivity index (χ3n) is 4.57. The molecule has 0 bridgehead atoms. The predicted octanol–water partition coefficient (Wildman–Crippen LogP) is 2.48. The normalized spacial score (nSPS) is 15.6. The second-order valence-corrected chi connectivity index (χ2v) is 6.90. The van der Waals surface area contributed by atoms with Gasteiger partial charge < -0.3 is 19.6 Å². The first kappa shape index (κ1) is 17.5. The molecular weight excluding hydrogens is 316 g/mol. The first-order valence-corrected chi connectivity index (χ1v) is 8.80. The number of aromatic nitrogens is 1. The maximum absolute atomic E-state index is 12.3. The molecule has 0 atom stereocenters. The maximum atomic E-state index is 12.3. The van der Waals surface area contributed by atoms with Crippen LogP contribution in [0.2, 0.25) is 0 Å². The van der Waals surface area contributed by atoms with Crippen LogP contribution in [0.5, 0.6) is 0 Å². The highest BCUT2D eigenvalue weighted by Crippen LogP contribution is 2.18. The van der Waals surface area contributed by atoms with Crippen LogP contribution < -0.4 is 10.2 Å². The molecule has 1 saturated heterocycles. The van der Waals surface area contributed by atoms with Gasteiger partial charge in [0.25, 0.3) is 5.91 Å². The summed E-state index contributed by atoms with van der Waals surface area (Å²) in [7, 11) is 2.14. The van der Waals surface area contributed by atoms with Gasteiger partial charge in [0, 0.05) is 49.4 Å². The summed E-state index contributed by atoms with van der Waals surface area (Å²) >= 11 is 0. The summed E-state index contributed by atoms with van der Waals surface area (Å²) < 4.78 is 5.24. The Labute approximate surface area is 148 Å². The summed E-state index contributed by atoms with van der Waals surface area (Å²) in [5.74, 6) is 1.03. The van der Waals surface area contributed by atoms with Crippen LogP contribution in [0.1, 0.15) is 41.6 Å². The smallest absolute Gasteiger partial charge is 0.251 e. The van der Waals surface area contributed by atoms with Gasteiger partial charge in [-0.25, -0.2) is 0 Å². The molecule has 1 fully saturated rings. The largest absolute Gasteiger partial charge is 0.369 e. The second-order valence-electron chi connectivity index (χ2n) is 6.90. The van der Waals surface area contributed by atoms with E-state index in [4.69, 9.17) is 4.52 Å². The molecule has 0 radical (unpaired) electrons. The van der Waals surface area contributed by atoms with Crippen LogP contribution in [-0.2, 0) is 6.54 Å². The Morgan fingerprint density at radius 2 is 1.88 bits per heavy atom. The van der Waals surface area contributed by atoms with Crippen molar-refractivity contribution in [1.82, 2.24) is 15.4 Å². The fourth-order valence-electron chi connectivity index (χ4n) is 2.84. The Hall–Kier alpha value is -2.34. The van der Waals surface area contributed by atoms with E-state index >= 15 is 0 Å². The number of amides is 1. The average Bonchev–Trinajstić information content (AvgIpc) is 3.10. The molecule has 1 aliphatic heterocycles. The zero-order valence-electron chi connectivity index (χ0n) is 15.2. The highest BCUT2D eigenvalue weighted by atomic mass is 16.5. The Morgan fingerprint density at radius 1 is 1.20 bits per heavy atom. The van der Waals surface area contributed by atoms with Gasteiger partial charge in [-0.2, -0.15) is 0 Å². The van der Waals surface area contributed by atoms with E-state index in [0.717, 1.165) is 37.6 Å². The van der Waals surface area contributed by atoms with Crippen molar-refractivity contribution in [2.24, 2.45) is 0 Å². The molecule has 2 heterocycles. The lowest BCUT2D eigenvalue weighted by Crippen LogP contribution is -2.44. The number of rotatable bonds is 5. The van der Waals surface area contributed by atoms with E-state index in [1.807, 2.05) is 44.2 Å². The quantitative estimate of drug-likeness (QED) is 0.904. The number of nitrogens with zero attached hydrogens (tertiary/aromatic N) is 3. The summed E-state index contributed by atoms with van der Waals surface area (Å²) in [4.78, 5) is 17.0. The van der Waals surface area contributed by atoms with Gasteiger partial charge >= 0.3 is 0 Å². The number of nitrogens with one attached hydrogen (secondary N) is 1. The maximum Gasteiger partial charge on any atom is 0.251 e. The topological polar surface area (TPSA) is 61.6 Å². The average molecular weight is 342 g/mol. The van der Waals surface area contributed by atoms with Crippen molar-refractivity contribution in [1.29, 1.82) is 0 Å². The van der Waals surface area contributed by atoms with Gasteiger partial charge in [0.2, 0.25) is 0 Å². The van der Waals surface area contributed by atoms with Crippen molar-refractivity contribution in [2.45, 2.75) is 26.3 Å². The second kappa shape index (κ2) is 7.70. The number of hydrogen-bond acceptors (Lipinski definition) is 5. The fourth-order valence-corrected chi connectivity index (χ4v) is 2.84. The van der Waals surface area contributed by atoms with Crippen LogP contribution in [0.25, 0.3) is 0 Å². The number of hydrogen-bond donors (Lipinski definition) is 1. The standard InChI is InChI=1S/C19H26N4O2/c1-14(2)18-12-16(21-25-18)13-20-19(24)15-4-6-17(7-5-15)23-10-8-22(3)9-11-23/h4-7,12,14H,8-11,13H2,1-3H3,(H,20,24). The van der Waals surface area contributed by atoms with E-state index in [0.29, 0.717) is 18.0 Å². The molecule has 0 spiro atoms. The van der Waals surface area contributed by atoms with E-state index in [1.165, 1.54) is 5.69 Å². The summed E-state index contributed by atoms with van der Waals surface area (Å²) in [6, 6.07) is 9.69. The highest BCUT2D eigenvalue weighted by molar-refractivity contribution is 5.94. The Balaban J connectivity index is 1.55. The number of likely N-dealkylation sites (N-methyl/N-ethyl adjacent to an activating group) is 1. The molecular formula is C19H26N4O2. The van der Waals surface area contributed by atoms with Gasteiger partial charge in [-0.3, -0.25) is 4.79 Å². The molecule has 1 aliphatic rings. The minimum atomic E-state index is -0.0981. The predicted molar refractivity (Wildman–Crippen MR) is 97.9 cm³/mol. The molecule has 6 heteroatoms. The minimum Gasteiger partial charge on any atom is -0.369 e. The number of benzene rings is 1. The van der Waals surface area contributed by atoms with Gasteiger partial charge in [0.05, 0.1) is 6.54 Å². The Morgan fingerprint density at radius 3 is 2.48 bits per heavy atom. The van der Waals surface area contributed by atoms with Gasteiger partial charge in [0.1, 0.15) is 11.5 Å². The van der Waals surface area contributed by atoms with Crippen molar-refractivity contribution in [3.63, 3.8) is 0 Å². The lowest BCUT2D eigenvalue weighted by atomic mass is 10.1. The van der Waals surface area contributed by atoms with Gasteiger partial charge in [-0.1, -0.05) is 19.0 Å². The molecule has 1 N–H and O–H groups in total. The number of anilines is 1. The van der Waals surface area contributed by atoms with E-state index in [2.05, 4.69) is 27.3 Å². The van der Waals surface area contributed by atoms with Crippen LogP contribution in [0.15, 0.2) is 34.9 Å². The zero-order chi connectivity index (χ0) is 17.8. The number of piperazine rings is 1. The summed E-state index contributed by atoms with van der Waals surface area (Å²) in [6.45, 7) is 8.64. The van der Waals surface area contributed by atoms with E-state index < -0.39 is 0 Å². The first-order chi connectivity index (χ1) is 12.0. The lowest BCUT2D eigenvalue weighted by Gasteiger charge is -2.34. The molecule has 1 amide bonds. The van der Waals surface area contributed by atoms with E-state index in [1.54, 1.807) is 0 Å². The van der Waals surface area contributed by atoms with Crippen LogP contribution in [0.3, 0.4) is 0 Å². The van der Waals surface area contributed by atoms with Crippen LogP contribution >= 0.6 is 0 Å². The molecule has 1 aromatic carbocycles. The Kier molecular flexibility index (Phi) is 5.38. The van der Waals surface area contributed by atoms with Crippen LogP contribution in [-0.4, -0.2) is 49.2 Å².